The third-order valence-corrected chi connectivity index (χ3v) is 15.1. The lowest BCUT2D eigenvalue weighted by molar-refractivity contribution is -0.157. The number of carbonyl (C=O) groups excluding carboxylic acids is 7. The monoisotopic (exact) mass is 1080 g/mol. The van der Waals surface area contributed by atoms with E-state index in [0.717, 1.165) is 44.5 Å². The number of amides is 4. The first-order chi connectivity index (χ1) is 37.6. The Balaban J connectivity index is 0.000000255. The van der Waals surface area contributed by atoms with E-state index in [-0.39, 0.29) is 54.0 Å². The zero-order valence-corrected chi connectivity index (χ0v) is 47.0. The molecule has 424 valence electrons. The molecular formula is C62H80N6O11. The number of fused-ring (bicyclic) bond motifs is 12. The minimum absolute atomic E-state index is 0.0230. The van der Waals surface area contributed by atoms with Crippen molar-refractivity contribution in [1.82, 2.24) is 31.5 Å². The topological polar surface area (TPSA) is 241 Å². The van der Waals surface area contributed by atoms with E-state index >= 15 is 0 Å². The Morgan fingerprint density at radius 1 is 0.759 bits per heavy atom. The smallest absolute Gasteiger partial charge is 0.325 e. The second kappa shape index (κ2) is 28.7. The third kappa shape index (κ3) is 17.5. The molecule has 0 saturated carbocycles. The third-order valence-electron chi connectivity index (χ3n) is 15.1. The number of nitrogens with one attached hydrogen (secondary N) is 4. The molecule has 17 heteroatoms. The summed E-state index contributed by atoms with van der Waals surface area (Å²) >= 11 is 0. The van der Waals surface area contributed by atoms with Crippen LogP contribution in [-0.2, 0) is 55.9 Å². The van der Waals surface area contributed by atoms with Crippen molar-refractivity contribution in [2.24, 2.45) is 23.7 Å². The van der Waals surface area contributed by atoms with Crippen LogP contribution in [0.2, 0.25) is 0 Å². The maximum Gasteiger partial charge on any atom is 0.325 e. The van der Waals surface area contributed by atoms with Gasteiger partial charge in [0.05, 0.1) is 6.10 Å². The van der Waals surface area contributed by atoms with Crippen molar-refractivity contribution in [1.29, 1.82) is 0 Å². The minimum Gasteiger partial charge on any atom is -0.480 e. The number of aryl methyl sites for hydroxylation is 2. The summed E-state index contributed by atoms with van der Waals surface area (Å²) in [6, 6.07) is 28.6. The largest absolute Gasteiger partial charge is 0.480 e. The molecule has 4 amide bonds. The quantitative estimate of drug-likeness (QED) is 0.0702. The first-order valence-corrected chi connectivity index (χ1v) is 27.9. The molecule has 4 aromatic rings. The number of ether oxygens (including phenoxy) is 1. The zero-order chi connectivity index (χ0) is 57.5. The summed E-state index contributed by atoms with van der Waals surface area (Å²) in [6.45, 7) is 15.1. The first kappa shape index (κ1) is 61.1. The molecule has 4 aromatic carbocycles. The molecule has 6 N–H and O–H groups in total. The van der Waals surface area contributed by atoms with Crippen molar-refractivity contribution in [3.8, 4) is 22.3 Å². The van der Waals surface area contributed by atoms with E-state index in [9.17, 15) is 48.6 Å². The number of esters is 1. The Bertz CT molecular complexity index is 2780. The van der Waals surface area contributed by atoms with E-state index in [2.05, 4.69) is 21.5 Å². The molecule has 0 aromatic heterocycles. The van der Waals surface area contributed by atoms with Crippen LogP contribution in [0.25, 0.3) is 22.3 Å². The molecule has 4 heterocycles. The van der Waals surface area contributed by atoms with Crippen LogP contribution in [0.5, 0.6) is 0 Å². The lowest BCUT2D eigenvalue weighted by Gasteiger charge is -2.35. The molecule has 17 nitrogen and oxygen atoms in total. The Morgan fingerprint density at radius 3 is 2.05 bits per heavy atom. The van der Waals surface area contributed by atoms with Crippen molar-refractivity contribution in [2.45, 2.75) is 156 Å². The van der Waals surface area contributed by atoms with Gasteiger partial charge in [-0.15, -0.1) is 0 Å². The van der Waals surface area contributed by atoms with Crippen LogP contribution in [0.3, 0.4) is 0 Å². The fraction of sp³-hybridized carbons (Fsp3) is 0.484. The number of Topliss-reactive ketones (excluding diaryl/α,β-unsaturated/α-hetero) is 2. The number of hydrazine groups is 2. The highest BCUT2D eigenvalue weighted by Gasteiger charge is 2.35. The predicted octanol–water partition coefficient (Wildman–Crippen LogP) is 7.79. The molecule has 4 aliphatic rings. The van der Waals surface area contributed by atoms with Crippen LogP contribution in [0.15, 0.2) is 97.1 Å². The second-order valence-electron chi connectivity index (χ2n) is 22.0. The van der Waals surface area contributed by atoms with Gasteiger partial charge in [-0.3, -0.25) is 48.4 Å². The lowest BCUT2D eigenvalue weighted by Crippen LogP contribution is -2.59. The van der Waals surface area contributed by atoms with E-state index in [4.69, 9.17) is 4.74 Å². The SMILES string of the molecule is CC(C)[C@@H]1CC(=O)CCc2ccc(cc2)-c2cccc(c2)[C@@H](C)OC(=O)[C@@H]2CCCN(N2)C(=O)[C@H](C)NC1=O.CC(C)[C@H](CC(=O)CCc1ccc(-c2cccc([C@@H](C)O)c2)cc1)C(=O)N[C@@H](C)C(=O)N1CCC[C@@H](C(=O)O)N1. The van der Waals surface area contributed by atoms with Gasteiger partial charge in [-0.25, -0.2) is 10.9 Å². The van der Waals surface area contributed by atoms with E-state index in [1.807, 2.05) is 132 Å². The number of hydrogen-bond acceptors (Lipinski definition) is 12. The fourth-order valence-corrected chi connectivity index (χ4v) is 10.00. The van der Waals surface area contributed by atoms with Crippen molar-refractivity contribution < 1.29 is 53.3 Å². The van der Waals surface area contributed by atoms with Crippen LogP contribution in [-0.4, -0.2) is 105 Å². The summed E-state index contributed by atoms with van der Waals surface area (Å²) in [5, 5.41) is 27.3. The van der Waals surface area contributed by atoms with E-state index < -0.39 is 66.1 Å². The Labute approximate surface area is 464 Å². The van der Waals surface area contributed by atoms with E-state index in [0.29, 0.717) is 64.5 Å². The number of carbonyl (C=O) groups is 8. The van der Waals surface area contributed by atoms with Gasteiger partial charge in [-0.2, -0.15) is 0 Å². The normalized spacial score (nSPS) is 21.5. The number of aliphatic hydroxyl groups is 1. The van der Waals surface area contributed by atoms with Gasteiger partial charge in [-0.05, 0) is 135 Å². The number of aliphatic carboxylic acids is 1. The lowest BCUT2D eigenvalue weighted by atomic mass is 9.88. The van der Waals surface area contributed by atoms with Crippen molar-refractivity contribution in [2.75, 3.05) is 13.1 Å². The maximum atomic E-state index is 13.2. The highest BCUT2D eigenvalue weighted by atomic mass is 16.5. The first-order valence-electron chi connectivity index (χ1n) is 27.9. The molecule has 8 rings (SSSR count). The number of nitrogens with zero attached hydrogens (tertiary/aromatic N) is 2. The Kier molecular flexibility index (Phi) is 22.2. The minimum atomic E-state index is -1.02. The van der Waals surface area contributed by atoms with Gasteiger partial charge in [0.15, 0.2) is 0 Å². The number of rotatable bonds is 13. The number of hydrogen-bond donors (Lipinski definition) is 6. The highest BCUT2D eigenvalue weighted by molar-refractivity contribution is 5.92. The van der Waals surface area contributed by atoms with Crippen molar-refractivity contribution >= 4 is 47.1 Å². The van der Waals surface area contributed by atoms with Crippen LogP contribution < -0.4 is 21.5 Å². The molecule has 0 unspecified atom stereocenters. The summed E-state index contributed by atoms with van der Waals surface area (Å²) in [5.74, 6) is -4.13. The molecule has 79 heavy (non-hydrogen) atoms. The summed E-state index contributed by atoms with van der Waals surface area (Å²) in [4.78, 5) is 102. The summed E-state index contributed by atoms with van der Waals surface area (Å²) in [5.41, 5.74) is 13.6. The number of benzene rings is 4. The predicted molar refractivity (Wildman–Crippen MR) is 300 cm³/mol. The molecule has 0 aliphatic carbocycles. The van der Waals surface area contributed by atoms with Gasteiger partial charge >= 0.3 is 11.9 Å². The average Bonchev–Trinajstić information content (AvgIpc) is 3.45. The van der Waals surface area contributed by atoms with E-state index in [1.54, 1.807) is 20.8 Å². The van der Waals surface area contributed by atoms with Crippen LogP contribution in [0.1, 0.15) is 141 Å². The zero-order valence-electron chi connectivity index (χ0n) is 47.0. The van der Waals surface area contributed by atoms with Gasteiger partial charge in [0.25, 0.3) is 11.8 Å². The summed E-state index contributed by atoms with van der Waals surface area (Å²) < 4.78 is 5.81. The van der Waals surface area contributed by atoms with Crippen LogP contribution in [0.4, 0.5) is 0 Å². The standard InChI is InChI=1S/C31H41N3O6.C31H39N3O5/c1-19(2)27(29(37)32-20(3)30(38)34-16-6-9-28(33-34)31(39)40)18-26(36)15-12-22-10-13-23(14-11-22)25-8-5-7-24(17-25)21(4)35;1-19(2)27-18-26(35)15-12-22-10-13-23(14-11-22)25-8-5-7-24(17-25)21(4)39-31(38)28-9-6-16-34(33-28)30(37)20(3)32-29(27)36/h5,7-8,10-11,13-14,17,19-21,27-28,33,35H,6,9,12,15-16,18H2,1-4H3,(H,32,37)(H,39,40);5,7-8,10-11,13-14,17,19-21,27-28,33H,6,9,12,15-16,18H2,1-4H3,(H,32,36)/t2*20-,21+,27-,28-/m00/s1. The number of carboxylic acid groups (broad SMARTS) is 1. The highest BCUT2D eigenvalue weighted by Crippen LogP contribution is 2.28. The average molecular weight is 1090 g/mol. The number of aliphatic hydroxyl groups excluding tert-OH is 1. The number of ketones is 2. The summed E-state index contributed by atoms with van der Waals surface area (Å²) in [6.07, 6.45) is 3.15. The van der Waals surface area contributed by atoms with E-state index in [1.165, 1.54) is 10.0 Å². The van der Waals surface area contributed by atoms with Gasteiger partial charge in [0, 0.05) is 50.6 Å². The van der Waals surface area contributed by atoms with Gasteiger partial charge in [0.1, 0.15) is 41.8 Å². The summed E-state index contributed by atoms with van der Waals surface area (Å²) in [7, 11) is 0. The molecule has 0 radical (unpaired) electrons. The number of carboxylic acids is 1. The second-order valence-corrected chi connectivity index (χ2v) is 22.0. The molecule has 4 aliphatic heterocycles. The Morgan fingerprint density at radius 2 is 1.41 bits per heavy atom. The van der Waals surface area contributed by atoms with Gasteiger partial charge in [0.2, 0.25) is 11.8 Å². The molecule has 8 atom stereocenters. The van der Waals surface area contributed by atoms with Crippen LogP contribution >= 0.6 is 0 Å². The molecule has 0 spiro atoms. The van der Waals surface area contributed by atoms with Crippen molar-refractivity contribution in [3.63, 3.8) is 0 Å². The maximum absolute atomic E-state index is 13.2. The Hall–Kier alpha value is -7.08. The van der Waals surface area contributed by atoms with Gasteiger partial charge in [-0.1, -0.05) is 113 Å². The van der Waals surface area contributed by atoms with Gasteiger partial charge < -0.3 is 25.6 Å². The molecular weight excluding hydrogens is 1000 g/mol. The fourth-order valence-electron chi connectivity index (χ4n) is 10.00. The molecule has 2 fully saturated rings. The van der Waals surface area contributed by atoms with Crippen LogP contribution in [0, 0.1) is 23.7 Å². The molecule has 6 bridgehead atoms. The van der Waals surface area contributed by atoms with Crippen molar-refractivity contribution in [3.05, 3.63) is 119 Å². The molecule has 2 saturated heterocycles.